The van der Waals surface area contributed by atoms with E-state index < -0.39 is 22.7 Å². The van der Waals surface area contributed by atoms with Gasteiger partial charge in [0.05, 0.1) is 18.3 Å². The van der Waals surface area contributed by atoms with Gasteiger partial charge in [0.15, 0.2) is 16.6 Å². The fourth-order valence-corrected chi connectivity index (χ4v) is 5.81. The van der Waals surface area contributed by atoms with Gasteiger partial charge < -0.3 is 14.0 Å². The standard InChI is InChI=1S/C28H50O3Si2/c1-12-16-24(29)21-26(31-33(10,11)28(5,6)7)22-25(30-32(8,9)27(2,3)4)20-19-23-17-14-13-15-18-23/h12-15,17-20,24-26,29H,1,16,21-22H2,2-11H3/b20-19+/t24-,25-,26+/m0/s1. The summed E-state index contributed by atoms with van der Waals surface area (Å²) in [6.45, 7) is 26.6. The largest absolute Gasteiger partial charge is 0.414 e. The van der Waals surface area contributed by atoms with Crippen LogP contribution in [0.15, 0.2) is 49.1 Å². The summed E-state index contributed by atoms with van der Waals surface area (Å²) in [5, 5.41) is 10.8. The summed E-state index contributed by atoms with van der Waals surface area (Å²) < 4.78 is 13.7. The van der Waals surface area contributed by atoms with Crippen molar-refractivity contribution in [2.75, 3.05) is 0 Å². The van der Waals surface area contributed by atoms with Gasteiger partial charge in [-0.05, 0) is 54.7 Å². The van der Waals surface area contributed by atoms with Crippen molar-refractivity contribution in [1.29, 1.82) is 0 Å². The molecule has 188 valence electrons. The zero-order chi connectivity index (χ0) is 25.5. The van der Waals surface area contributed by atoms with E-state index in [4.69, 9.17) is 8.85 Å². The molecule has 0 aliphatic carbocycles. The Morgan fingerprint density at radius 1 is 0.879 bits per heavy atom. The molecule has 0 saturated heterocycles. The number of hydrogen-bond donors (Lipinski definition) is 1. The lowest BCUT2D eigenvalue weighted by Gasteiger charge is -2.42. The molecule has 0 amide bonds. The van der Waals surface area contributed by atoms with Crippen LogP contribution in [-0.4, -0.2) is 40.1 Å². The highest BCUT2D eigenvalue weighted by molar-refractivity contribution is 6.74. The summed E-state index contributed by atoms with van der Waals surface area (Å²) >= 11 is 0. The van der Waals surface area contributed by atoms with E-state index in [1.165, 1.54) is 0 Å². The lowest BCUT2D eigenvalue weighted by atomic mass is 10.0. The zero-order valence-corrected chi connectivity index (χ0v) is 24.9. The molecule has 1 aromatic carbocycles. The molecule has 5 heteroatoms. The van der Waals surface area contributed by atoms with E-state index in [0.29, 0.717) is 12.8 Å². The summed E-state index contributed by atoms with van der Waals surface area (Å²) in [5.41, 5.74) is 1.16. The maximum atomic E-state index is 10.6. The van der Waals surface area contributed by atoms with E-state index >= 15 is 0 Å². The number of aliphatic hydroxyl groups excluding tert-OH is 1. The van der Waals surface area contributed by atoms with Crippen LogP contribution < -0.4 is 0 Å². The summed E-state index contributed by atoms with van der Waals surface area (Å²) in [6, 6.07) is 10.4. The Hall–Kier alpha value is -0.986. The van der Waals surface area contributed by atoms with E-state index in [2.05, 4.69) is 111 Å². The molecule has 0 radical (unpaired) electrons. The first-order valence-electron chi connectivity index (χ1n) is 12.4. The molecular weight excluding hydrogens is 440 g/mol. The molecule has 1 N–H and O–H groups in total. The van der Waals surface area contributed by atoms with Gasteiger partial charge in [0.1, 0.15) is 0 Å². The fraction of sp³-hybridized carbons (Fsp3) is 0.643. The Balaban J connectivity index is 3.25. The second-order valence-corrected chi connectivity index (χ2v) is 21.8. The minimum absolute atomic E-state index is 0.0724. The van der Waals surface area contributed by atoms with Crippen molar-refractivity contribution in [1.82, 2.24) is 0 Å². The number of aliphatic hydroxyl groups is 1. The fourth-order valence-electron chi connectivity index (χ4n) is 3.14. The summed E-state index contributed by atoms with van der Waals surface area (Å²) in [6.07, 6.45) is 7.43. The van der Waals surface area contributed by atoms with Gasteiger partial charge >= 0.3 is 0 Å². The molecule has 0 fully saturated rings. The predicted octanol–water partition coefficient (Wildman–Crippen LogP) is 8.20. The molecule has 0 heterocycles. The van der Waals surface area contributed by atoms with E-state index in [9.17, 15) is 5.11 Å². The van der Waals surface area contributed by atoms with Gasteiger partial charge in [0.25, 0.3) is 0 Å². The van der Waals surface area contributed by atoms with Crippen LogP contribution in [0.1, 0.15) is 66.4 Å². The minimum atomic E-state index is -2.01. The topological polar surface area (TPSA) is 38.7 Å². The highest BCUT2D eigenvalue weighted by Gasteiger charge is 2.42. The molecule has 1 aromatic rings. The molecule has 0 aliphatic heterocycles. The average molecular weight is 491 g/mol. The first-order valence-corrected chi connectivity index (χ1v) is 18.2. The van der Waals surface area contributed by atoms with Crippen molar-refractivity contribution in [2.45, 2.75) is 115 Å². The Morgan fingerprint density at radius 2 is 1.39 bits per heavy atom. The van der Waals surface area contributed by atoms with Crippen molar-refractivity contribution < 1.29 is 14.0 Å². The zero-order valence-electron chi connectivity index (χ0n) is 22.9. The first-order chi connectivity index (χ1) is 15.0. The van der Waals surface area contributed by atoms with Crippen molar-refractivity contribution >= 4 is 22.7 Å². The lowest BCUT2D eigenvalue weighted by molar-refractivity contribution is 0.0611. The minimum Gasteiger partial charge on any atom is -0.414 e. The second kappa shape index (κ2) is 12.1. The molecule has 0 aromatic heterocycles. The summed E-state index contributed by atoms with van der Waals surface area (Å²) in [5.74, 6) is 0. The molecule has 3 nitrogen and oxygen atoms in total. The Labute approximate surface area is 206 Å². The Kier molecular flexibility index (Phi) is 11.0. The van der Waals surface area contributed by atoms with Crippen LogP contribution in [0.2, 0.25) is 36.3 Å². The third-order valence-corrected chi connectivity index (χ3v) is 16.3. The summed E-state index contributed by atoms with van der Waals surface area (Å²) in [7, 11) is -4.01. The molecule has 0 spiro atoms. The van der Waals surface area contributed by atoms with Crippen molar-refractivity contribution in [3.05, 3.63) is 54.6 Å². The monoisotopic (exact) mass is 490 g/mol. The molecule has 1 rings (SSSR count). The maximum Gasteiger partial charge on any atom is 0.192 e. The quantitative estimate of drug-likeness (QED) is 0.237. The maximum absolute atomic E-state index is 10.6. The second-order valence-electron chi connectivity index (χ2n) is 12.3. The van der Waals surface area contributed by atoms with Gasteiger partial charge in [-0.2, -0.15) is 0 Å². The smallest absolute Gasteiger partial charge is 0.192 e. The van der Waals surface area contributed by atoms with Crippen molar-refractivity contribution in [3.8, 4) is 0 Å². The van der Waals surface area contributed by atoms with Crippen molar-refractivity contribution in [2.24, 2.45) is 0 Å². The van der Waals surface area contributed by atoms with E-state index in [-0.39, 0.29) is 22.3 Å². The average Bonchev–Trinajstić information content (AvgIpc) is 2.64. The molecule has 3 atom stereocenters. The van der Waals surface area contributed by atoms with E-state index in [1.54, 1.807) is 6.08 Å². The molecular formula is C28H50O3Si2. The van der Waals surface area contributed by atoms with Crippen LogP contribution in [0.3, 0.4) is 0 Å². The van der Waals surface area contributed by atoms with E-state index in [1.807, 2.05) is 6.07 Å². The highest BCUT2D eigenvalue weighted by atomic mass is 28.4. The number of rotatable bonds is 12. The molecule has 0 saturated carbocycles. The lowest BCUT2D eigenvalue weighted by Crippen LogP contribution is -2.47. The van der Waals surface area contributed by atoms with E-state index in [0.717, 1.165) is 12.0 Å². The highest BCUT2D eigenvalue weighted by Crippen LogP contribution is 2.40. The number of hydrogen-bond acceptors (Lipinski definition) is 3. The molecule has 33 heavy (non-hydrogen) atoms. The summed E-state index contributed by atoms with van der Waals surface area (Å²) in [4.78, 5) is 0. The molecule has 0 unspecified atom stereocenters. The van der Waals surface area contributed by atoms with Crippen LogP contribution in [0, 0.1) is 0 Å². The first kappa shape index (κ1) is 30.0. The molecule has 0 aliphatic rings. The van der Waals surface area contributed by atoms with Gasteiger partial charge in [-0.25, -0.2) is 0 Å². The van der Waals surface area contributed by atoms with Crippen LogP contribution in [0.4, 0.5) is 0 Å². The van der Waals surface area contributed by atoms with Gasteiger partial charge in [-0.3, -0.25) is 0 Å². The van der Waals surface area contributed by atoms with Crippen LogP contribution in [0.25, 0.3) is 6.08 Å². The van der Waals surface area contributed by atoms with Gasteiger partial charge in [0.2, 0.25) is 0 Å². The van der Waals surface area contributed by atoms with Crippen molar-refractivity contribution in [3.63, 3.8) is 0 Å². The van der Waals surface area contributed by atoms with Gasteiger partial charge in [0, 0.05) is 6.42 Å². The normalized spacial score (nSPS) is 16.6. The van der Waals surface area contributed by atoms with Crippen LogP contribution >= 0.6 is 0 Å². The van der Waals surface area contributed by atoms with Crippen LogP contribution in [0.5, 0.6) is 0 Å². The Morgan fingerprint density at radius 3 is 1.88 bits per heavy atom. The van der Waals surface area contributed by atoms with Gasteiger partial charge in [-0.15, -0.1) is 6.58 Å². The number of benzene rings is 1. The van der Waals surface area contributed by atoms with Gasteiger partial charge in [-0.1, -0.05) is 90.1 Å². The third kappa shape index (κ3) is 10.0. The third-order valence-electron chi connectivity index (χ3n) is 7.29. The predicted molar refractivity (Wildman–Crippen MR) is 150 cm³/mol. The van der Waals surface area contributed by atoms with Crippen LogP contribution in [-0.2, 0) is 8.85 Å². The SMILES string of the molecule is C=CC[C@H](O)C[C@H](C[C@H](/C=C/c1ccccc1)O[Si](C)(C)C(C)(C)C)O[Si](C)(C)C(C)(C)C. The molecule has 0 bridgehead atoms. The Bertz CT molecular complexity index is 743.